The van der Waals surface area contributed by atoms with E-state index in [0.717, 1.165) is 42.6 Å². The van der Waals surface area contributed by atoms with Crippen LogP contribution in [0.3, 0.4) is 0 Å². The fourth-order valence-electron chi connectivity index (χ4n) is 3.37. The molecule has 1 heterocycles. The van der Waals surface area contributed by atoms with E-state index in [1.807, 2.05) is 37.3 Å². The number of benzene rings is 1. The van der Waals surface area contributed by atoms with Gasteiger partial charge in [0.05, 0.1) is 5.69 Å². The molecule has 1 aliphatic rings. The molecule has 1 aromatic carbocycles. The summed E-state index contributed by atoms with van der Waals surface area (Å²) in [6, 6.07) is 9.37. The third kappa shape index (κ3) is 3.18. The quantitative estimate of drug-likeness (QED) is 0.851. The number of hydrogen-bond acceptors (Lipinski definition) is 3. The number of amides is 1. The van der Waals surface area contributed by atoms with Crippen LogP contribution in [-0.4, -0.2) is 21.9 Å². The number of nitrogens with two attached hydrogens (primary N) is 1. The number of carbonyl (C=O) groups is 2. The minimum absolute atomic E-state index is 0.0262. The van der Waals surface area contributed by atoms with Crippen LogP contribution in [0, 0.1) is 18.8 Å². The molecule has 0 saturated heterocycles. The molecule has 2 atom stereocenters. The van der Waals surface area contributed by atoms with E-state index in [4.69, 9.17) is 5.73 Å². The van der Waals surface area contributed by atoms with Crippen LogP contribution < -0.4 is 5.73 Å². The van der Waals surface area contributed by atoms with Gasteiger partial charge in [-0.05, 0) is 25.8 Å². The molecular formula is C18H21N3O2. The maximum Gasteiger partial charge on any atom is 0.221 e. The molecule has 5 nitrogen and oxygen atoms in total. The van der Waals surface area contributed by atoms with Gasteiger partial charge in [-0.1, -0.05) is 37.1 Å². The molecule has 1 aromatic heterocycles. The number of Topliss-reactive ketones (excluding diaryl/α,β-unsaturated/α-hetero) is 1. The second-order valence-electron chi connectivity index (χ2n) is 6.28. The Morgan fingerprint density at radius 2 is 1.78 bits per heavy atom. The zero-order chi connectivity index (χ0) is 16.4. The van der Waals surface area contributed by atoms with Crippen molar-refractivity contribution in [3.8, 4) is 11.3 Å². The van der Waals surface area contributed by atoms with Crippen molar-refractivity contribution in [1.29, 1.82) is 0 Å². The van der Waals surface area contributed by atoms with Crippen LogP contribution in [0.15, 0.2) is 30.3 Å². The molecule has 0 spiro atoms. The lowest BCUT2D eigenvalue weighted by molar-refractivity contribution is -0.123. The van der Waals surface area contributed by atoms with Gasteiger partial charge in [0.15, 0.2) is 5.78 Å². The maximum atomic E-state index is 12.7. The molecule has 0 radical (unpaired) electrons. The van der Waals surface area contributed by atoms with Crippen LogP contribution in [0.1, 0.15) is 41.7 Å². The van der Waals surface area contributed by atoms with E-state index < -0.39 is 0 Å². The van der Waals surface area contributed by atoms with E-state index >= 15 is 0 Å². The first-order valence-corrected chi connectivity index (χ1v) is 8.02. The number of aryl methyl sites for hydroxylation is 1. The first kappa shape index (κ1) is 15.5. The van der Waals surface area contributed by atoms with Crippen LogP contribution >= 0.6 is 0 Å². The van der Waals surface area contributed by atoms with Gasteiger partial charge in [-0.15, -0.1) is 0 Å². The van der Waals surface area contributed by atoms with Crippen LogP contribution in [0.25, 0.3) is 11.3 Å². The lowest BCUT2D eigenvalue weighted by Crippen LogP contribution is -2.36. The summed E-state index contributed by atoms with van der Waals surface area (Å²) in [7, 11) is 0. The Morgan fingerprint density at radius 1 is 1.13 bits per heavy atom. The Bertz CT molecular complexity index is 718. The van der Waals surface area contributed by atoms with Gasteiger partial charge in [-0.2, -0.15) is 5.10 Å². The number of rotatable bonds is 4. The Labute approximate surface area is 135 Å². The van der Waals surface area contributed by atoms with Gasteiger partial charge in [0.2, 0.25) is 5.91 Å². The number of nitrogens with one attached hydrogen (secondary N) is 1. The number of aromatic nitrogens is 2. The topological polar surface area (TPSA) is 88.8 Å². The van der Waals surface area contributed by atoms with Gasteiger partial charge in [0.1, 0.15) is 0 Å². The smallest absolute Gasteiger partial charge is 0.221 e. The zero-order valence-electron chi connectivity index (χ0n) is 13.2. The average molecular weight is 311 g/mol. The fourth-order valence-corrected chi connectivity index (χ4v) is 3.37. The highest BCUT2D eigenvalue weighted by Crippen LogP contribution is 2.32. The highest BCUT2D eigenvalue weighted by molar-refractivity contribution is 6.00. The molecule has 3 N–H and O–H groups in total. The Kier molecular flexibility index (Phi) is 4.28. The normalized spacial score (nSPS) is 21.1. The number of nitrogens with zero attached hydrogens (tertiary/aromatic N) is 1. The van der Waals surface area contributed by atoms with Crippen LogP contribution in [0.5, 0.6) is 0 Å². The molecule has 1 aliphatic carbocycles. The number of hydrogen-bond donors (Lipinski definition) is 2. The molecular weight excluding hydrogens is 290 g/mol. The molecule has 1 fully saturated rings. The molecule has 23 heavy (non-hydrogen) atoms. The third-order valence-corrected chi connectivity index (χ3v) is 4.64. The molecule has 2 unspecified atom stereocenters. The number of carbonyl (C=O) groups excluding carboxylic acids is 2. The molecule has 1 saturated carbocycles. The summed E-state index contributed by atoms with van der Waals surface area (Å²) >= 11 is 0. The number of aromatic amines is 1. The van der Waals surface area contributed by atoms with Crippen molar-refractivity contribution in [3.05, 3.63) is 41.6 Å². The van der Waals surface area contributed by atoms with Crippen LogP contribution in [-0.2, 0) is 4.79 Å². The molecule has 1 amide bonds. The highest BCUT2D eigenvalue weighted by Gasteiger charge is 2.34. The summed E-state index contributed by atoms with van der Waals surface area (Å²) < 4.78 is 0. The molecule has 3 rings (SSSR count). The van der Waals surface area contributed by atoms with Gasteiger partial charge in [-0.25, -0.2) is 0 Å². The second-order valence-corrected chi connectivity index (χ2v) is 6.28. The number of primary amides is 1. The number of ketones is 1. The van der Waals surface area contributed by atoms with Crippen molar-refractivity contribution in [2.24, 2.45) is 17.6 Å². The van der Waals surface area contributed by atoms with Crippen molar-refractivity contribution in [3.63, 3.8) is 0 Å². The van der Waals surface area contributed by atoms with E-state index in [9.17, 15) is 9.59 Å². The molecule has 120 valence electrons. The van der Waals surface area contributed by atoms with Gasteiger partial charge in [0, 0.05) is 28.7 Å². The second kappa shape index (κ2) is 6.36. The summed E-state index contributed by atoms with van der Waals surface area (Å²) in [5.74, 6) is -0.936. The van der Waals surface area contributed by atoms with Crippen molar-refractivity contribution < 1.29 is 9.59 Å². The molecule has 2 aromatic rings. The van der Waals surface area contributed by atoms with E-state index in [-0.39, 0.29) is 23.5 Å². The minimum Gasteiger partial charge on any atom is -0.369 e. The summed E-state index contributed by atoms with van der Waals surface area (Å²) in [4.78, 5) is 24.3. The predicted molar refractivity (Wildman–Crippen MR) is 87.7 cm³/mol. The Hall–Kier alpha value is -2.43. The third-order valence-electron chi connectivity index (χ3n) is 4.64. The standard InChI is InChI=1S/C18H21N3O2/c1-11-10-16(21-20-11)12-6-8-13(9-7-12)17(22)14-4-2-3-5-15(14)18(19)23/h6-10,14-15H,2-5H2,1H3,(H2,19,23)(H,20,21). The van der Waals surface area contributed by atoms with Gasteiger partial charge < -0.3 is 5.73 Å². The van der Waals surface area contributed by atoms with E-state index in [0.29, 0.717) is 5.56 Å². The molecule has 5 heteroatoms. The predicted octanol–water partition coefficient (Wildman–Crippen LogP) is 2.86. The molecule has 0 bridgehead atoms. The summed E-state index contributed by atoms with van der Waals surface area (Å²) in [6.07, 6.45) is 3.41. The SMILES string of the molecule is Cc1cc(-c2ccc(C(=O)C3CCCCC3C(N)=O)cc2)n[nH]1. The zero-order valence-corrected chi connectivity index (χ0v) is 13.2. The summed E-state index contributed by atoms with van der Waals surface area (Å²) in [5.41, 5.74) is 8.92. The lowest BCUT2D eigenvalue weighted by Gasteiger charge is -2.28. The summed E-state index contributed by atoms with van der Waals surface area (Å²) in [6.45, 7) is 1.95. The van der Waals surface area contributed by atoms with Crippen molar-refractivity contribution in [2.45, 2.75) is 32.6 Å². The van der Waals surface area contributed by atoms with Crippen molar-refractivity contribution >= 4 is 11.7 Å². The largest absolute Gasteiger partial charge is 0.369 e. The van der Waals surface area contributed by atoms with Gasteiger partial charge in [-0.3, -0.25) is 14.7 Å². The minimum atomic E-state index is -0.355. The Morgan fingerprint density at radius 3 is 2.35 bits per heavy atom. The fraction of sp³-hybridized carbons (Fsp3) is 0.389. The van der Waals surface area contributed by atoms with Crippen LogP contribution in [0.2, 0.25) is 0 Å². The first-order valence-electron chi connectivity index (χ1n) is 8.02. The average Bonchev–Trinajstić information content (AvgIpc) is 3.01. The summed E-state index contributed by atoms with van der Waals surface area (Å²) in [5, 5.41) is 7.12. The number of H-pyrrole nitrogens is 1. The lowest BCUT2D eigenvalue weighted by atomic mass is 9.75. The van der Waals surface area contributed by atoms with E-state index in [1.54, 1.807) is 0 Å². The van der Waals surface area contributed by atoms with Crippen molar-refractivity contribution in [2.75, 3.05) is 0 Å². The molecule has 0 aliphatic heterocycles. The maximum absolute atomic E-state index is 12.7. The van der Waals surface area contributed by atoms with Crippen LogP contribution in [0.4, 0.5) is 0 Å². The monoisotopic (exact) mass is 311 g/mol. The Balaban J connectivity index is 1.80. The highest BCUT2D eigenvalue weighted by atomic mass is 16.1. The van der Waals surface area contributed by atoms with E-state index in [2.05, 4.69) is 10.2 Å². The van der Waals surface area contributed by atoms with Gasteiger partial charge in [0.25, 0.3) is 0 Å². The van der Waals surface area contributed by atoms with Gasteiger partial charge >= 0.3 is 0 Å². The van der Waals surface area contributed by atoms with E-state index in [1.165, 1.54) is 0 Å². The van der Waals surface area contributed by atoms with Crippen molar-refractivity contribution in [1.82, 2.24) is 10.2 Å². The first-order chi connectivity index (χ1) is 11.1.